The molecule has 84 valence electrons. The average molecular weight is 245 g/mol. The Balaban J connectivity index is 2.37. The fraction of sp³-hybridized carbons (Fsp3) is 0.167. The van der Waals surface area contributed by atoms with Crippen LogP contribution in [0.3, 0.4) is 0 Å². The maximum absolute atomic E-state index is 11.5. The van der Waals surface area contributed by atoms with Crippen molar-refractivity contribution in [2.75, 3.05) is 5.48 Å². The molecule has 9 nitrogen and oxygen atoms in total. The number of hydrogen-bond donors (Lipinski definition) is 1. The molecule has 1 unspecified atom stereocenters. The normalized spacial score (nSPS) is 24.3. The first-order chi connectivity index (χ1) is 7.50. The van der Waals surface area contributed by atoms with Crippen molar-refractivity contribution >= 4 is 19.5 Å². The van der Waals surface area contributed by atoms with Crippen LogP contribution in [0.25, 0.3) is 0 Å². The predicted molar refractivity (Wildman–Crippen MR) is 48.4 cm³/mol. The quantitative estimate of drug-likeness (QED) is 0.642. The van der Waals surface area contributed by atoms with Crippen molar-refractivity contribution in [2.45, 2.75) is 6.92 Å². The molecule has 2 aliphatic heterocycles. The molecule has 2 aliphatic rings. The molecule has 3 rings (SSSR count). The van der Waals surface area contributed by atoms with Crippen LogP contribution in [0.2, 0.25) is 0 Å². The molecule has 0 radical (unpaired) electrons. The summed E-state index contributed by atoms with van der Waals surface area (Å²) in [4.78, 5) is 26.1. The molecule has 1 aromatic rings. The standard InChI is InChI=1S/C6H4N3O6P/c1-2(10)9-4-3-5(7-6(9)11)14-16(12,13-3)15-8-4/h8H,1H3. The van der Waals surface area contributed by atoms with E-state index in [2.05, 4.69) is 15.1 Å². The lowest BCUT2D eigenvalue weighted by Gasteiger charge is -2.17. The Labute approximate surface area is 87.5 Å². The molecule has 0 amide bonds. The lowest BCUT2D eigenvalue weighted by molar-refractivity contribution is 0.0929. The molecule has 0 fully saturated rings. The van der Waals surface area contributed by atoms with Gasteiger partial charge in [0.25, 0.3) is 5.88 Å². The Bertz CT molecular complexity index is 621. The van der Waals surface area contributed by atoms with Crippen LogP contribution < -0.4 is 20.2 Å². The summed E-state index contributed by atoms with van der Waals surface area (Å²) in [6, 6.07) is 0. The summed E-state index contributed by atoms with van der Waals surface area (Å²) >= 11 is 0. The highest BCUT2D eigenvalue weighted by Gasteiger charge is 2.48. The summed E-state index contributed by atoms with van der Waals surface area (Å²) in [6.45, 7) is 1.16. The van der Waals surface area contributed by atoms with Crippen LogP contribution in [0.4, 0.5) is 5.82 Å². The highest BCUT2D eigenvalue weighted by molar-refractivity contribution is 7.49. The van der Waals surface area contributed by atoms with Crippen molar-refractivity contribution < 1.29 is 23.0 Å². The maximum Gasteiger partial charge on any atom is 0.611 e. The van der Waals surface area contributed by atoms with Crippen molar-refractivity contribution in [1.82, 2.24) is 9.55 Å². The van der Waals surface area contributed by atoms with Crippen LogP contribution in [0.1, 0.15) is 11.7 Å². The lowest BCUT2D eigenvalue weighted by atomic mass is 10.4. The van der Waals surface area contributed by atoms with Crippen molar-refractivity contribution in [3.8, 4) is 11.6 Å². The Hall–Kier alpha value is -1.86. The molecule has 0 aliphatic carbocycles. The van der Waals surface area contributed by atoms with E-state index in [1.807, 2.05) is 0 Å². The van der Waals surface area contributed by atoms with E-state index in [9.17, 15) is 14.2 Å². The fourth-order valence-electron chi connectivity index (χ4n) is 1.39. The van der Waals surface area contributed by atoms with Gasteiger partial charge in [-0.2, -0.15) is 4.98 Å². The SMILES string of the molecule is CC(=O)n1c2c3c(nc1=O)OP(=O)(ON2)O3. The number of carbonyl (C=O) groups is 1. The van der Waals surface area contributed by atoms with E-state index < -0.39 is 19.4 Å². The van der Waals surface area contributed by atoms with E-state index in [1.54, 1.807) is 0 Å². The minimum Gasteiger partial charge on any atom is -0.384 e. The van der Waals surface area contributed by atoms with E-state index in [4.69, 9.17) is 9.05 Å². The van der Waals surface area contributed by atoms with Gasteiger partial charge in [0.05, 0.1) is 0 Å². The zero-order valence-corrected chi connectivity index (χ0v) is 8.69. The molecular weight excluding hydrogens is 241 g/mol. The summed E-state index contributed by atoms with van der Waals surface area (Å²) in [6.07, 6.45) is 0. The Kier molecular flexibility index (Phi) is 1.54. The van der Waals surface area contributed by atoms with Crippen molar-refractivity contribution in [2.24, 2.45) is 0 Å². The first kappa shape index (κ1) is 9.37. The molecule has 0 aromatic carbocycles. The summed E-state index contributed by atoms with van der Waals surface area (Å²) in [5.41, 5.74) is 1.32. The van der Waals surface area contributed by atoms with Gasteiger partial charge in [-0.3, -0.25) is 4.79 Å². The third kappa shape index (κ3) is 1.04. The number of phosphoric acid groups is 1. The zero-order chi connectivity index (χ0) is 11.5. The van der Waals surface area contributed by atoms with Gasteiger partial charge in [0.2, 0.25) is 11.7 Å². The maximum atomic E-state index is 11.5. The number of aromatic nitrogens is 2. The van der Waals surface area contributed by atoms with Crippen LogP contribution in [0.5, 0.6) is 11.6 Å². The second-order valence-corrected chi connectivity index (χ2v) is 4.50. The molecule has 2 bridgehead atoms. The van der Waals surface area contributed by atoms with Gasteiger partial charge >= 0.3 is 13.5 Å². The first-order valence-electron chi connectivity index (χ1n) is 4.12. The van der Waals surface area contributed by atoms with Crippen LogP contribution in [0, 0.1) is 0 Å². The van der Waals surface area contributed by atoms with Gasteiger partial charge in [0, 0.05) is 6.92 Å². The highest BCUT2D eigenvalue weighted by Crippen LogP contribution is 2.62. The number of nitrogens with zero attached hydrogens (tertiary/aromatic N) is 2. The Morgan fingerprint density at radius 3 is 2.94 bits per heavy atom. The molecule has 3 heterocycles. The van der Waals surface area contributed by atoms with Crippen LogP contribution >= 0.6 is 7.82 Å². The van der Waals surface area contributed by atoms with E-state index in [1.165, 1.54) is 0 Å². The number of rotatable bonds is 0. The van der Waals surface area contributed by atoms with E-state index in [0.717, 1.165) is 6.92 Å². The fourth-order valence-corrected chi connectivity index (χ4v) is 2.42. The van der Waals surface area contributed by atoms with Crippen molar-refractivity contribution in [1.29, 1.82) is 0 Å². The molecule has 16 heavy (non-hydrogen) atoms. The van der Waals surface area contributed by atoms with Crippen LogP contribution in [-0.4, -0.2) is 15.5 Å². The molecule has 0 spiro atoms. The minimum atomic E-state index is -3.76. The highest BCUT2D eigenvalue weighted by atomic mass is 31.2. The molecular formula is C6H4N3O6P. The summed E-state index contributed by atoms with van der Waals surface area (Å²) in [7, 11) is -3.76. The van der Waals surface area contributed by atoms with Gasteiger partial charge < -0.3 is 9.05 Å². The third-order valence-corrected chi connectivity index (χ3v) is 3.11. The van der Waals surface area contributed by atoms with Gasteiger partial charge in [-0.15, -0.1) is 4.62 Å². The van der Waals surface area contributed by atoms with E-state index in [0.29, 0.717) is 4.57 Å². The molecule has 1 aromatic heterocycles. The van der Waals surface area contributed by atoms with E-state index in [-0.39, 0.29) is 17.4 Å². The minimum absolute atomic E-state index is 0.0654. The van der Waals surface area contributed by atoms with Gasteiger partial charge in [-0.05, 0) is 0 Å². The summed E-state index contributed by atoms with van der Waals surface area (Å²) in [5.74, 6) is -0.972. The summed E-state index contributed by atoms with van der Waals surface area (Å²) < 4.78 is 26.3. The number of nitrogens with one attached hydrogen (secondary N) is 1. The third-order valence-electron chi connectivity index (χ3n) is 1.99. The number of anilines is 1. The lowest BCUT2D eigenvalue weighted by Crippen LogP contribution is -2.29. The number of carbonyl (C=O) groups excluding carboxylic acids is 1. The van der Waals surface area contributed by atoms with E-state index >= 15 is 0 Å². The van der Waals surface area contributed by atoms with Crippen molar-refractivity contribution in [3.63, 3.8) is 0 Å². The van der Waals surface area contributed by atoms with Gasteiger partial charge in [-0.25, -0.2) is 19.4 Å². The van der Waals surface area contributed by atoms with Crippen LogP contribution in [0.15, 0.2) is 4.79 Å². The van der Waals surface area contributed by atoms with Crippen LogP contribution in [-0.2, 0) is 9.19 Å². The van der Waals surface area contributed by atoms with Crippen molar-refractivity contribution in [3.05, 3.63) is 10.5 Å². The van der Waals surface area contributed by atoms with Gasteiger partial charge in [0.15, 0.2) is 5.82 Å². The van der Waals surface area contributed by atoms with Gasteiger partial charge in [0.1, 0.15) is 0 Å². The number of phosphoric ester groups is 1. The summed E-state index contributed by atoms with van der Waals surface area (Å²) in [5, 5.41) is 0. The monoisotopic (exact) mass is 245 g/mol. The Morgan fingerprint density at radius 1 is 1.50 bits per heavy atom. The number of fused-ring (bicyclic) bond motifs is 1. The second kappa shape index (κ2) is 2.63. The molecule has 1 N–H and O–H groups in total. The molecule has 1 atom stereocenters. The second-order valence-electron chi connectivity index (χ2n) is 3.05. The first-order valence-corrected chi connectivity index (χ1v) is 5.58. The molecule has 10 heteroatoms. The van der Waals surface area contributed by atoms with Gasteiger partial charge in [-0.1, -0.05) is 0 Å². The molecule has 0 saturated carbocycles. The zero-order valence-electron chi connectivity index (χ0n) is 7.79. The smallest absolute Gasteiger partial charge is 0.384 e. The average Bonchev–Trinajstić information content (AvgIpc) is 2.46. The Morgan fingerprint density at radius 2 is 2.25 bits per heavy atom. The molecule has 0 saturated heterocycles. The number of hydrogen-bond acceptors (Lipinski definition) is 8. The topological polar surface area (TPSA) is 109 Å². The largest absolute Gasteiger partial charge is 0.611 e. The predicted octanol–water partition coefficient (Wildman–Crippen LogP) is 0.140.